The number of nitrogens with one attached hydrogen (secondary N) is 2. The molecule has 0 unspecified atom stereocenters. The van der Waals surface area contributed by atoms with Crippen LogP contribution in [-0.2, 0) is 17.7 Å². The number of hydrogen-bond donors (Lipinski definition) is 2. The molecule has 0 aromatic carbocycles. The lowest BCUT2D eigenvalue weighted by molar-refractivity contribution is -0.101. The number of hydrogen-bond acceptors (Lipinski definition) is 4. The Morgan fingerprint density at radius 3 is 2.95 bits per heavy atom. The van der Waals surface area contributed by atoms with Crippen molar-refractivity contribution in [2.24, 2.45) is 0 Å². The van der Waals surface area contributed by atoms with Crippen LogP contribution in [0.1, 0.15) is 44.1 Å². The summed E-state index contributed by atoms with van der Waals surface area (Å²) in [6, 6.07) is 0. The molecule has 3 heterocycles. The summed E-state index contributed by atoms with van der Waals surface area (Å²) in [6.07, 6.45) is 7.78. The molecule has 2 fully saturated rings. The van der Waals surface area contributed by atoms with E-state index in [0.29, 0.717) is 0 Å². The first kappa shape index (κ1) is 15.0. The number of likely N-dealkylation sites (tertiary alicyclic amines) is 1. The van der Waals surface area contributed by atoms with E-state index in [1.165, 1.54) is 18.5 Å². The second-order valence-corrected chi connectivity index (χ2v) is 6.44. The van der Waals surface area contributed by atoms with Crippen LogP contribution in [0.15, 0.2) is 6.20 Å². The Kier molecular flexibility index (Phi) is 4.93. The van der Waals surface area contributed by atoms with Crippen LogP contribution in [0.4, 0.5) is 0 Å². The number of imidazole rings is 1. The molecule has 2 N–H and O–H groups in total. The SMILES string of the molecule is CCCCc1ncc(CN2CCC3(CC2)CNCCO3)[nH]1. The molecule has 2 saturated heterocycles. The number of piperidine rings is 1. The summed E-state index contributed by atoms with van der Waals surface area (Å²) in [5.41, 5.74) is 1.36. The van der Waals surface area contributed by atoms with Gasteiger partial charge in [-0.15, -0.1) is 0 Å². The lowest BCUT2D eigenvalue weighted by atomic mass is 9.90. The number of aromatic nitrogens is 2. The van der Waals surface area contributed by atoms with E-state index < -0.39 is 0 Å². The maximum atomic E-state index is 6.04. The first-order valence-electron chi connectivity index (χ1n) is 8.39. The Morgan fingerprint density at radius 2 is 2.24 bits per heavy atom. The summed E-state index contributed by atoms with van der Waals surface area (Å²) >= 11 is 0. The highest BCUT2D eigenvalue weighted by Gasteiger charge is 2.36. The number of nitrogens with zero attached hydrogens (tertiary/aromatic N) is 2. The summed E-state index contributed by atoms with van der Waals surface area (Å²) in [6.45, 7) is 8.32. The molecule has 0 atom stereocenters. The third kappa shape index (κ3) is 3.84. The van der Waals surface area contributed by atoms with E-state index in [4.69, 9.17) is 4.74 Å². The molecule has 21 heavy (non-hydrogen) atoms. The lowest BCUT2D eigenvalue weighted by Gasteiger charge is -2.44. The van der Waals surface area contributed by atoms with Gasteiger partial charge in [0.1, 0.15) is 5.82 Å². The topological polar surface area (TPSA) is 53.2 Å². The van der Waals surface area contributed by atoms with E-state index >= 15 is 0 Å². The molecule has 1 spiro atoms. The molecule has 1 aromatic heterocycles. The van der Waals surface area contributed by atoms with Crippen molar-refractivity contribution < 1.29 is 4.74 Å². The Bertz CT molecular complexity index is 429. The van der Waals surface area contributed by atoms with Gasteiger partial charge in [-0.3, -0.25) is 4.90 Å². The normalized spacial score (nSPS) is 22.7. The van der Waals surface area contributed by atoms with Crippen molar-refractivity contribution in [3.05, 3.63) is 17.7 Å². The highest BCUT2D eigenvalue weighted by molar-refractivity contribution is 5.02. The molecular formula is C16H28N4O. The number of morpholine rings is 1. The molecule has 3 rings (SSSR count). The summed E-state index contributed by atoms with van der Waals surface area (Å²) in [5.74, 6) is 1.14. The highest BCUT2D eigenvalue weighted by Crippen LogP contribution is 2.28. The van der Waals surface area contributed by atoms with Gasteiger partial charge in [0.25, 0.3) is 0 Å². The molecule has 0 amide bonds. The number of aromatic amines is 1. The fourth-order valence-electron chi connectivity index (χ4n) is 3.34. The van der Waals surface area contributed by atoms with E-state index in [1.807, 2.05) is 6.20 Å². The lowest BCUT2D eigenvalue weighted by Crippen LogP contribution is -2.55. The van der Waals surface area contributed by atoms with E-state index in [9.17, 15) is 0 Å². The predicted molar refractivity (Wildman–Crippen MR) is 83.3 cm³/mol. The monoisotopic (exact) mass is 292 g/mol. The van der Waals surface area contributed by atoms with Crippen LogP contribution in [0, 0.1) is 0 Å². The van der Waals surface area contributed by atoms with Crippen LogP contribution in [0.25, 0.3) is 0 Å². The first-order valence-corrected chi connectivity index (χ1v) is 8.39. The highest BCUT2D eigenvalue weighted by atomic mass is 16.5. The second kappa shape index (κ2) is 6.90. The molecule has 5 nitrogen and oxygen atoms in total. The Hall–Kier alpha value is -0.910. The van der Waals surface area contributed by atoms with Crippen molar-refractivity contribution in [1.29, 1.82) is 0 Å². The van der Waals surface area contributed by atoms with Gasteiger partial charge < -0.3 is 15.0 Å². The molecule has 2 aliphatic rings. The maximum absolute atomic E-state index is 6.04. The van der Waals surface area contributed by atoms with Crippen molar-refractivity contribution >= 4 is 0 Å². The van der Waals surface area contributed by atoms with Gasteiger partial charge in [0.15, 0.2) is 0 Å². The Morgan fingerprint density at radius 1 is 1.38 bits per heavy atom. The van der Waals surface area contributed by atoms with Gasteiger partial charge >= 0.3 is 0 Å². The third-order valence-electron chi connectivity index (χ3n) is 4.74. The van der Waals surface area contributed by atoms with Crippen molar-refractivity contribution in [3.8, 4) is 0 Å². The number of ether oxygens (including phenoxy) is 1. The van der Waals surface area contributed by atoms with Gasteiger partial charge in [-0.05, 0) is 19.3 Å². The molecule has 118 valence electrons. The fraction of sp³-hybridized carbons (Fsp3) is 0.812. The van der Waals surface area contributed by atoms with Gasteiger partial charge in [-0.1, -0.05) is 13.3 Å². The standard InChI is InChI=1S/C16H28N4O/c1-2-3-4-15-18-11-14(19-15)12-20-8-5-16(6-9-20)13-17-7-10-21-16/h11,17H,2-10,12-13H2,1H3,(H,18,19). The minimum absolute atomic E-state index is 0.106. The molecule has 0 bridgehead atoms. The molecule has 0 aliphatic carbocycles. The number of H-pyrrole nitrogens is 1. The summed E-state index contributed by atoms with van der Waals surface area (Å²) in [7, 11) is 0. The summed E-state index contributed by atoms with van der Waals surface area (Å²) < 4.78 is 6.04. The quantitative estimate of drug-likeness (QED) is 0.867. The third-order valence-corrected chi connectivity index (χ3v) is 4.74. The maximum Gasteiger partial charge on any atom is 0.106 e. The average Bonchev–Trinajstić information content (AvgIpc) is 2.96. The zero-order valence-electron chi connectivity index (χ0n) is 13.2. The van der Waals surface area contributed by atoms with Gasteiger partial charge in [0.2, 0.25) is 0 Å². The number of rotatable bonds is 5. The van der Waals surface area contributed by atoms with Crippen molar-refractivity contribution in [2.75, 3.05) is 32.8 Å². The Balaban J connectivity index is 1.47. The predicted octanol–water partition coefficient (Wildman–Crippen LogP) is 1.71. The first-order chi connectivity index (χ1) is 10.3. The van der Waals surface area contributed by atoms with E-state index in [2.05, 4.69) is 27.1 Å². The molecule has 0 saturated carbocycles. The van der Waals surface area contributed by atoms with Crippen LogP contribution >= 0.6 is 0 Å². The van der Waals surface area contributed by atoms with Crippen molar-refractivity contribution in [1.82, 2.24) is 20.2 Å². The van der Waals surface area contributed by atoms with Crippen molar-refractivity contribution in [3.63, 3.8) is 0 Å². The number of unbranched alkanes of at least 4 members (excludes halogenated alkanes) is 1. The zero-order valence-corrected chi connectivity index (χ0v) is 13.2. The van der Waals surface area contributed by atoms with E-state index in [-0.39, 0.29) is 5.60 Å². The minimum Gasteiger partial charge on any atom is -0.372 e. The van der Waals surface area contributed by atoms with Crippen molar-refractivity contribution in [2.45, 2.75) is 51.2 Å². The van der Waals surface area contributed by atoms with Gasteiger partial charge in [0, 0.05) is 51.0 Å². The van der Waals surface area contributed by atoms with Gasteiger partial charge in [-0.2, -0.15) is 0 Å². The van der Waals surface area contributed by atoms with Crippen LogP contribution < -0.4 is 5.32 Å². The van der Waals surface area contributed by atoms with Crippen LogP contribution in [0.2, 0.25) is 0 Å². The summed E-state index contributed by atoms with van der Waals surface area (Å²) in [4.78, 5) is 10.5. The molecule has 0 radical (unpaired) electrons. The van der Waals surface area contributed by atoms with E-state index in [1.54, 1.807) is 0 Å². The van der Waals surface area contributed by atoms with Crippen LogP contribution in [0.3, 0.4) is 0 Å². The van der Waals surface area contributed by atoms with Crippen LogP contribution in [-0.4, -0.2) is 53.3 Å². The van der Waals surface area contributed by atoms with E-state index in [0.717, 1.165) is 64.4 Å². The second-order valence-electron chi connectivity index (χ2n) is 6.44. The van der Waals surface area contributed by atoms with Gasteiger partial charge in [-0.25, -0.2) is 4.98 Å². The summed E-state index contributed by atoms with van der Waals surface area (Å²) in [5, 5.41) is 3.47. The smallest absolute Gasteiger partial charge is 0.106 e. The Labute approximate surface area is 127 Å². The zero-order chi connectivity index (χ0) is 14.5. The minimum atomic E-state index is 0.106. The fourth-order valence-corrected chi connectivity index (χ4v) is 3.34. The molecule has 1 aromatic rings. The molecule has 2 aliphatic heterocycles. The average molecular weight is 292 g/mol. The van der Waals surface area contributed by atoms with Crippen LogP contribution in [0.5, 0.6) is 0 Å². The molecule has 5 heteroatoms. The molecular weight excluding hydrogens is 264 g/mol. The largest absolute Gasteiger partial charge is 0.372 e. The van der Waals surface area contributed by atoms with Gasteiger partial charge in [0.05, 0.1) is 12.2 Å². The number of aryl methyl sites for hydroxylation is 1.